The lowest BCUT2D eigenvalue weighted by Gasteiger charge is -2.14. The highest BCUT2D eigenvalue weighted by Crippen LogP contribution is 2.27. The lowest BCUT2D eigenvalue weighted by atomic mass is 10.2. The maximum atomic E-state index is 12.4. The van der Waals surface area contributed by atoms with E-state index in [1.54, 1.807) is 12.3 Å². The maximum absolute atomic E-state index is 12.4. The third kappa shape index (κ3) is 5.80. The zero-order chi connectivity index (χ0) is 21.7. The van der Waals surface area contributed by atoms with Crippen LogP contribution >= 0.6 is 11.3 Å². The number of aryl methyl sites for hydroxylation is 1. The molecule has 3 rings (SSSR count). The van der Waals surface area contributed by atoms with E-state index in [1.807, 2.05) is 19.1 Å². The summed E-state index contributed by atoms with van der Waals surface area (Å²) >= 11 is 1.24. The number of anilines is 2. The molecular formula is C20H22N4O5S. The van der Waals surface area contributed by atoms with Gasteiger partial charge in [-0.1, -0.05) is 19.9 Å². The van der Waals surface area contributed by atoms with Crippen LogP contribution in [0.3, 0.4) is 0 Å². The molecule has 9 nitrogen and oxygen atoms in total. The molecule has 30 heavy (non-hydrogen) atoms. The number of ether oxygens (including phenoxy) is 1. The van der Waals surface area contributed by atoms with Gasteiger partial charge in [-0.05, 0) is 30.5 Å². The van der Waals surface area contributed by atoms with Gasteiger partial charge in [0.1, 0.15) is 12.0 Å². The van der Waals surface area contributed by atoms with E-state index in [0.717, 1.165) is 16.7 Å². The molecule has 0 saturated heterocycles. The zero-order valence-corrected chi connectivity index (χ0v) is 17.6. The molecule has 0 spiro atoms. The standard InChI is InChI=1S/C20H22N4O5S/c1-11(2)9-28-16-6-12(3)4-5-14(16)23-19(27)24-20-21-8-13(30-20)7-17-22-15(10-29-17)18(25)26/h4-6,8,10-11H,7,9H2,1-3H3,(H,25,26)(H2,21,23,24,27). The van der Waals surface area contributed by atoms with E-state index in [4.69, 9.17) is 14.3 Å². The number of carbonyl (C=O) groups excluding carboxylic acids is 1. The normalized spacial score (nSPS) is 10.8. The molecule has 158 valence electrons. The van der Waals surface area contributed by atoms with E-state index in [2.05, 4.69) is 34.4 Å². The Morgan fingerprint density at radius 2 is 2.10 bits per heavy atom. The molecule has 0 aliphatic carbocycles. The number of amides is 2. The lowest BCUT2D eigenvalue weighted by Crippen LogP contribution is -2.20. The highest BCUT2D eigenvalue weighted by atomic mass is 32.1. The van der Waals surface area contributed by atoms with Crippen LogP contribution in [0.5, 0.6) is 5.75 Å². The summed E-state index contributed by atoms with van der Waals surface area (Å²) in [5, 5.41) is 14.7. The van der Waals surface area contributed by atoms with Gasteiger partial charge < -0.3 is 19.6 Å². The van der Waals surface area contributed by atoms with Crippen molar-refractivity contribution < 1.29 is 23.8 Å². The molecule has 1 aromatic carbocycles. The molecule has 3 N–H and O–H groups in total. The minimum atomic E-state index is -1.15. The number of carboxylic acids is 1. The minimum Gasteiger partial charge on any atom is -0.491 e. The number of aromatic nitrogens is 2. The fraction of sp³-hybridized carbons (Fsp3) is 0.300. The van der Waals surface area contributed by atoms with E-state index in [-0.39, 0.29) is 18.0 Å². The Morgan fingerprint density at radius 3 is 2.80 bits per heavy atom. The predicted molar refractivity (Wildman–Crippen MR) is 113 cm³/mol. The Hall–Kier alpha value is -3.40. The Balaban J connectivity index is 1.61. The molecule has 0 fully saturated rings. The number of oxazole rings is 1. The highest BCUT2D eigenvalue weighted by molar-refractivity contribution is 7.15. The number of urea groups is 1. The fourth-order valence-electron chi connectivity index (χ4n) is 2.45. The van der Waals surface area contributed by atoms with Gasteiger partial charge in [0.05, 0.1) is 18.7 Å². The Labute approximate surface area is 177 Å². The fourth-order valence-corrected chi connectivity index (χ4v) is 3.24. The van der Waals surface area contributed by atoms with Gasteiger partial charge in [-0.15, -0.1) is 11.3 Å². The van der Waals surface area contributed by atoms with Gasteiger partial charge in [-0.25, -0.2) is 19.6 Å². The lowest BCUT2D eigenvalue weighted by molar-refractivity contribution is 0.0690. The summed E-state index contributed by atoms with van der Waals surface area (Å²) in [7, 11) is 0. The third-order valence-electron chi connectivity index (χ3n) is 3.83. The number of hydrogen-bond donors (Lipinski definition) is 3. The minimum absolute atomic E-state index is 0.152. The van der Waals surface area contributed by atoms with E-state index >= 15 is 0 Å². The van der Waals surface area contributed by atoms with Crippen LogP contribution in [-0.4, -0.2) is 33.7 Å². The van der Waals surface area contributed by atoms with Gasteiger partial charge in [0.2, 0.25) is 0 Å². The van der Waals surface area contributed by atoms with Gasteiger partial charge in [0.15, 0.2) is 16.7 Å². The largest absolute Gasteiger partial charge is 0.491 e. The number of nitrogens with zero attached hydrogens (tertiary/aromatic N) is 2. The van der Waals surface area contributed by atoms with Gasteiger partial charge in [0.25, 0.3) is 0 Å². The number of hydrogen-bond acceptors (Lipinski definition) is 7. The van der Waals surface area contributed by atoms with Crippen molar-refractivity contribution in [3.63, 3.8) is 0 Å². The molecule has 0 bridgehead atoms. The smallest absolute Gasteiger partial charge is 0.357 e. The summed E-state index contributed by atoms with van der Waals surface area (Å²) in [4.78, 5) is 32.1. The highest BCUT2D eigenvalue weighted by Gasteiger charge is 2.14. The molecule has 0 radical (unpaired) electrons. The van der Waals surface area contributed by atoms with E-state index in [0.29, 0.717) is 29.1 Å². The molecule has 2 heterocycles. The van der Waals surface area contributed by atoms with Crippen molar-refractivity contribution in [2.75, 3.05) is 17.2 Å². The average molecular weight is 430 g/mol. The molecule has 2 aromatic heterocycles. The molecule has 0 aliphatic rings. The second kappa shape index (κ2) is 9.40. The summed E-state index contributed by atoms with van der Waals surface area (Å²) in [6.07, 6.45) is 2.94. The van der Waals surface area contributed by atoms with Crippen molar-refractivity contribution in [2.24, 2.45) is 5.92 Å². The van der Waals surface area contributed by atoms with Crippen LogP contribution < -0.4 is 15.4 Å². The average Bonchev–Trinajstić information content (AvgIpc) is 3.32. The number of aromatic carboxylic acids is 1. The number of carbonyl (C=O) groups is 2. The number of nitrogens with one attached hydrogen (secondary N) is 2. The third-order valence-corrected chi connectivity index (χ3v) is 4.74. The zero-order valence-electron chi connectivity index (χ0n) is 16.8. The van der Waals surface area contributed by atoms with Gasteiger partial charge in [-0.2, -0.15) is 0 Å². The first-order valence-electron chi connectivity index (χ1n) is 9.24. The number of carboxylic acid groups (broad SMARTS) is 1. The Morgan fingerprint density at radius 1 is 1.30 bits per heavy atom. The molecule has 0 saturated carbocycles. The van der Waals surface area contributed by atoms with Gasteiger partial charge >= 0.3 is 12.0 Å². The van der Waals surface area contributed by atoms with Crippen LogP contribution in [-0.2, 0) is 6.42 Å². The summed E-state index contributed by atoms with van der Waals surface area (Å²) in [5.74, 6) is 0.0767. The number of thiazole rings is 1. The van der Waals surface area contributed by atoms with Crippen molar-refractivity contribution in [1.82, 2.24) is 9.97 Å². The van der Waals surface area contributed by atoms with Gasteiger partial charge in [-0.3, -0.25) is 5.32 Å². The first-order chi connectivity index (χ1) is 14.3. The van der Waals surface area contributed by atoms with Crippen molar-refractivity contribution in [2.45, 2.75) is 27.2 Å². The topological polar surface area (TPSA) is 127 Å². The first-order valence-corrected chi connectivity index (χ1v) is 10.1. The maximum Gasteiger partial charge on any atom is 0.357 e. The van der Waals surface area contributed by atoms with Crippen LogP contribution in [0.15, 0.2) is 35.1 Å². The molecule has 0 atom stereocenters. The monoisotopic (exact) mass is 430 g/mol. The van der Waals surface area contributed by atoms with Crippen molar-refractivity contribution in [3.8, 4) is 5.75 Å². The van der Waals surface area contributed by atoms with Crippen molar-refractivity contribution >= 4 is 34.2 Å². The summed E-state index contributed by atoms with van der Waals surface area (Å²) < 4.78 is 10.9. The van der Waals surface area contributed by atoms with Crippen LogP contribution in [0.2, 0.25) is 0 Å². The van der Waals surface area contributed by atoms with Crippen molar-refractivity contribution in [3.05, 3.63) is 52.7 Å². The Bertz CT molecular complexity index is 1040. The van der Waals surface area contributed by atoms with Gasteiger partial charge in [0, 0.05) is 11.1 Å². The molecule has 2 amide bonds. The van der Waals surface area contributed by atoms with E-state index in [9.17, 15) is 9.59 Å². The SMILES string of the molecule is Cc1ccc(NC(=O)Nc2ncc(Cc3nc(C(=O)O)co3)s2)c(OCC(C)C)c1. The molecule has 0 aliphatic heterocycles. The second-order valence-electron chi connectivity index (χ2n) is 7.02. The number of rotatable bonds is 8. The molecular weight excluding hydrogens is 408 g/mol. The summed E-state index contributed by atoms with van der Waals surface area (Å²) in [6, 6.07) is 5.11. The summed E-state index contributed by atoms with van der Waals surface area (Å²) in [6.45, 7) is 6.60. The first kappa shape index (κ1) is 21.3. The second-order valence-corrected chi connectivity index (χ2v) is 8.14. The predicted octanol–water partition coefficient (Wildman–Crippen LogP) is 4.41. The van der Waals surface area contributed by atoms with Crippen LogP contribution in [0.25, 0.3) is 0 Å². The van der Waals surface area contributed by atoms with E-state index < -0.39 is 12.0 Å². The van der Waals surface area contributed by atoms with Crippen LogP contribution in [0.1, 0.15) is 40.7 Å². The van der Waals surface area contributed by atoms with Crippen LogP contribution in [0, 0.1) is 12.8 Å². The Kier molecular flexibility index (Phi) is 6.68. The molecule has 10 heteroatoms. The summed E-state index contributed by atoms with van der Waals surface area (Å²) in [5.41, 5.74) is 1.44. The van der Waals surface area contributed by atoms with Crippen molar-refractivity contribution in [1.29, 1.82) is 0 Å². The van der Waals surface area contributed by atoms with Crippen LogP contribution in [0.4, 0.5) is 15.6 Å². The molecule has 3 aromatic rings. The van der Waals surface area contributed by atoms with E-state index in [1.165, 1.54) is 11.3 Å². The number of benzene rings is 1. The quantitative estimate of drug-likeness (QED) is 0.483. The molecule has 0 unspecified atom stereocenters.